The van der Waals surface area contributed by atoms with E-state index in [0.29, 0.717) is 26.1 Å². The molecule has 3 N–H and O–H groups in total. The Morgan fingerprint density at radius 2 is 1.68 bits per heavy atom. The van der Waals surface area contributed by atoms with E-state index in [1.54, 1.807) is 32.7 Å². The predicted molar refractivity (Wildman–Crippen MR) is 177 cm³/mol. The van der Waals surface area contributed by atoms with Crippen molar-refractivity contribution in [2.24, 2.45) is 5.73 Å². The fraction of sp³-hybridized carbons (Fsp3) is 0.444. The summed E-state index contributed by atoms with van der Waals surface area (Å²) in [6.07, 6.45) is -0.0848. The van der Waals surface area contributed by atoms with Gasteiger partial charge in [0.2, 0.25) is 11.8 Å². The normalized spacial score (nSPS) is 17.4. The first-order chi connectivity index (χ1) is 22.2. The zero-order valence-electron chi connectivity index (χ0n) is 27.8. The summed E-state index contributed by atoms with van der Waals surface area (Å²) in [7, 11) is 1.61. The highest BCUT2D eigenvalue weighted by atomic mass is 19.1. The molecule has 0 aliphatic carbocycles. The highest BCUT2D eigenvalue weighted by molar-refractivity contribution is 5.90. The second-order valence-electron chi connectivity index (χ2n) is 13.1. The number of amides is 2. The Bertz CT molecular complexity index is 1590. The van der Waals surface area contributed by atoms with Crippen LogP contribution in [0.3, 0.4) is 0 Å². The third kappa shape index (κ3) is 9.14. The smallest absolute Gasteiger partial charge is 0.331 e. The van der Waals surface area contributed by atoms with Gasteiger partial charge in [0, 0.05) is 52.6 Å². The van der Waals surface area contributed by atoms with Crippen molar-refractivity contribution in [2.75, 3.05) is 39.8 Å². The van der Waals surface area contributed by atoms with Crippen LogP contribution >= 0.6 is 0 Å². The van der Waals surface area contributed by atoms with Crippen LogP contribution in [0.2, 0.25) is 0 Å². The SMILES string of the molecule is CNC(=O)C(CN1CCN(C(=O)CC(N)(C(=O)OC(C)(C)C)c2ccc(F)cc2)C(CCOC(C)=O)C1)c1ccc2ccccc2c1. The van der Waals surface area contributed by atoms with Gasteiger partial charge in [0.25, 0.3) is 0 Å². The molecule has 1 aliphatic heterocycles. The molecule has 1 fully saturated rings. The summed E-state index contributed by atoms with van der Waals surface area (Å²) in [5.74, 6) is -2.74. The zero-order chi connectivity index (χ0) is 34.4. The zero-order valence-corrected chi connectivity index (χ0v) is 27.8. The monoisotopic (exact) mass is 648 g/mol. The number of fused-ring (bicyclic) bond motifs is 1. The second-order valence-corrected chi connectivity index (χ2v) is 13.1. The van der Waals surface area contributed by atoms with E-state index in [9.17, 15) is 23.6 Å². The number of hydrogen-bond donors (Lipinski definition) is 2. The number of nitrogens with two attached hydrogens (primary N) is 1. The molecule has 0 radical (unpaired) electrons. The largest absolute Gasteiger partial charge is 0.466 e. The van der Waals surface area contributed by atoms with Crippen molar-refractivity contribution in [3.8, 4) is 0 Å². The van der Waals surface area contributed by atoms with Gasteiger partial charge in [-0.25, -0.2) is 9.18 Å². The number of ether oxygens (including phenoxy) is 2. The number of rotatable bonds is 11. The van der Waals surface area contributed by atoms with Crippen molar-refractivity contribution in [1.29, 1.82) is 0 Å². The third-order valence-corrected chi connectivity index (χ3v) is 8.38. The Hall–Kier alpha value is -4.35. The molecule has 1 aliphatic rings. The van der Waals surface area contributed by atoms with E-state index in [1.165, 1.54) is 31.2 Å². The van der Waals surface area contributed by atoms with Crippen LogP contribution in [-0.4, -0.2) is 85.0 Å². The van der Waals surface area contributed by atoms with E-state index in [1.807, 2.05) is 42.5 Å². The Morgan fingerprint density at radius 3 is 2.32 bits per heavy atom. The maximum absolute atomic E-state index is 14.0. The fourth-order valence-corrected chi connectivity index (χ4v) is 5.94. The number of hydrogen-bond acceptors (Lipinski definition) is 8. The lowest BCUT2D eigenvalue weighted by molar-refractivity contribution is -0.165. The molecule has 0 spiro atoms. The molecule has 3 aromatic rings. The summed E-state index contributed by atoms with van der Waals surface area (Å²) in [5.41, 5.74) is 5.06. The van der Waals surface area contributed by atoms with E-state index in [2.05, 4.69) is 10.2 Å². The van der Waals surface area contributed by atoms with Crippen LogP contribution in [0, 0.1) is 5.82 Å². The lowest BCUT2D eigenvalue weighted by atomic mass is 9.86. The van der Waals surface area contributed by atoms with Gasteiger partial charge in [-0.05, 0) is 54.8 Å². The summed E-state index contributed by atoms with van der Waals surface area (Å²) < 4.78 is 24.7. The molecule has 3 unspecified atom stereocenters. The molecule has 11 heteroatoms. The molecule has 3 aromatic carbocycles. The van der Waals surface area contributed by atoms with Crippen LogP contribution in [0.25, 0.3) is 10.8 Å². The molecular formula is C36H45FN4O6. The van der Waals surface area contributed by atoms with Crippen molar-refractivity contribution in [3.05, 3.63) is 83.7 Å². The average Bonchev–Trinajstić information content (AvgIpc) is 3.02. The first-order valence-electron chi connectivity index (χ1n) is 15.8. The van der Waals surface area contributed by atoms with Gasteiger partial charge >= 0.3 is 11.9 Å². The number of nitrogens with one attached hydrogen (secondary N) is 1. The molecule has 1 heterocycles. The van der Waals surface area contributed by atoms with Gasteiger partial charge in [0.15, 0.2) is 0 Å². The molecule has 0 bridgehead atoms. The summed E-state index contributed by atoms with van der Waals surface area (Å²) in [4.78, 5) is 56.0. The summed E-state index contributed by atoms with van der Waals surface area (Å²) in [6, 6.07) is 18.7. The molecular weight excluding hydrogens is 603 g/mol. The van der Waals surface area contributed by atoms with E-state index in [0.717, 1.165) is 16.3 Å². The Morgan fingerprint density at radius 1 is 1.00 bits per heavy atom. The number of piperazine rings is 1. The van der Waals surface area contributed by atoms with Gasteiger partial charge < -0.3 is 25.4 Å². The predicted octanol–water partition coefficient (Wildman–Crippen LogP) is 3.86. The standard InChI is InChI=1S/C36H45FN4O6/c1-24(42)46-19-16-30-22-40(23-31(33(44)39-5)27-11-10-25-8-6-7-9-26(25)20-27)17-18-41(30)32(43)21-36(38,34(45)47-35(2,3)4)28-12-14-29(37)15-13-28/h6-15,20,30-31H,16-19,21-23,38H2,1-5H3,(H,39,44). The number of esters is 2. The number of benzene rings is 3. The summed E-state index contributed by atoms with van der Waals surface area (Å²) >= 11 is 0. The minimum atomic E-state index is -1.88. The maximum atomic E-state index is 14.0. The molecule has 252 valence electrons. The van der Waals surface area contributed by atoms with Crippen molar-refractivity contribution < 1.29 is 33.0 Å². The van der Waals surface area contributed by atoms with Crippen LogP contribution < -0.4 is 11.1 Å². The Labute approximate surface area is 275 Å². The van der Waals surface area contributed by atoms with Gasteiger partial charge in [-0.2, -0.15) is 0 Å². The molecule has 1 saturated heterocycles. The highest BCUT2D eigenvalue weighted by Crippen LogP contribution is 2.30. The number of nitrogens with zero attached hydrogens (tertiary/aromatic N) is 2. The van der Waals surface area contributed by atoms with Gasteiger partial charge in [0.1, 0.15) is 17.0 Å². The average molecular weight is 649 g/mol. The molecule has 2 amide bonds. The first-order valence-corrected chi connectivity index (χ1v) is 15.8. The van der Waals surface area contributed by atoms with Crippen molar-refractivity contribution in [3.63, 3.8) is 0 Å². The quantitative estimate of drug-likeness (QED) is 0.300. The number of likely N-dealkylation sites (N-methyl/N-ethyl adjacent to an activating group) is 1. The van der Waals surface area contributed by atoms with Crippen molar-refractivity contribution >= 4 is 34.5 Å². The van der Waals surface area contributed by atoms with E-state index < -0.39 is 53.2 Å². The molecule has 47 heavy (non-hydrogen) atoms. The molecule has 0 saturated carbocycles. The first kappa shape index (κ1) is 35.5. The van der Waals surface area contributed by atoms with E-state index in [-0.39, 0.29) is 24.6 Å². The van der Waals surface area contributed by atoms with Crippen molar-refractivity contribution in [1.82, 2.24) is 15.1 Å². The van der Waals surface area contributed by atoms with Crippen LogP contribution in [0.15, 0.2) is 66.7 Å². The van der Waals surface area contributed by atoms with Crippen LogP contribution in [-0.2, 0) is 34.2 Å². The van der Waals surface area contributed by atoms with E-state index in [4.69, 9.17) is 15.2 Å². The topological polar surface area (TPSA) is 131 Å². The number of halogens is 1. The fourth-order valence-electron chi connectivity index (χ4n) is 5.94. The maximum Gasteiger partial charge on any atom is 0.331 e. The second kappa shape index (κ2) is 15.0. The summed E-state index contributed by atoms with van der Waals surface area (Å²) in [6.45, 7) is 8.04. The lowest BCUT2D eigenvalue weighted by Crippen LogP contribution is -2.59. The Kier molecular flexibility index (Phi) is 11.4. The van der Waals surface area contributed by atoms with Gasteiger partial charge in [0.05, 0.1) is 18.9 Å². The van der Waals surface area contributed by atoms with Crippen LogP contribution in [0.1, 0.15) is 57.6 Å². The van der Waals surface area contributed by atoms with E-state index >= 15 is 0 Å². The minimum absolute atomic E-state index is 0.0823. The minimum Gasteiger partial charge on any atom is -0.466 e. The number of carbonyl (C=O) groups is 4. The van der Waals surface area contributed by atoms with Gasteiger partial charge in [-0.1, -0.05) is 54.6 Å². The molecule has 3 atom stereocenters. The molecule has 10 nitrogen and oxygen atoms in total. The molecule has 0 aromatic heterocycles. The van der Waals surface area contributed by atoms with Gasteiger partial charge in [-0.3, -0.25) is 19.3 Å². The number of carbonyl (C=O) groups excluding carboxylic acids is 4. The summed E-state index contributed by atoms with van der Waals surface area (Å²) in [5, 5.41) is 4.90. The van der Waals surface area contributed by atoms with Crippen molar-refractivity contribution in [2.45, 2.75) is 63.6 Å². The Balaban J connectivity index is 1.58. The molecule has 4 rings (SSSR count). The lowest BCUT2D eigenvalue weighted by Gasteiger charge is -2.43. The van der Waals surface area contributed by atoms with Gasteiger partial charge in [-0.15, -0.1) is 0 Å². The van der Waals surface area contributed by atoms with Crippen LogP contribution in [0.4, 0.5) is 4.39 Å². The highest BCUT2D eigenvalue weighted by Gasteiger charge is 2.44. The van der Waals surface area contributed by atoms with Crippen LogP contribution in [0.5, 0.6) is 0 Å². The third-order valence-electron chi connectivity index (χ3n) is 8.38.